The zero-order chi connectivity index (χ0) is 32.3. The van der Waals surface area contributed by atoms with Gasteiger partial charge < -0.3 is 0 Å². The number of rotatable bonds is 4. The molecule has 0 atom stereocenters. The van der Waals surface area contributed by atoms with Crippen molar-refractivity contribution in [2.75, 3.05) is 0 Å². The number of hydrogen-bond donors (Lipinski definition) is 0. The quantitative estimate of drug-likeness (QED) is 0.180. The molecule has 10 aromatic rings. The van der Waals surface area contributed by atoms with Gasteiger partial charge in [-0.25, -0.2) is 9.97 Å². The molecule has 0 unspecified atom stereocenters. The Labute approximate surface area is 286 Å². The van der Waals surface area contributed by atoms with Crippen molar-refractivity contribution in [1.29, 1.82) is 0 Å². The van der Waals surface area contributed by atoms with Crippen LogP contribution in [-0.4, -0.2) is 15.0 Å². The van der Waals surface area contributed by atoms with E-state index in [-0.39, 0.29) is 0 Å². The van der Waals surface area contributed by atoms with E-state index in [4.69, 9.17) is 9.97 Å². The van der Waals surface area contributed by atoms with Gasteiger partial charge in [-0.15, -0.1) is 11.3 Å². The highest BCUT2D eigenvalue weighted by atomic mass is 32.1. The van der Waals surface area contributed by atoms with Crippen molar-refractivity contribution in [2.45, 2.75) is 0 Å². The van der Waals surface area contributed by atoms with Crippen LogP contribution >= 0.6 is 11.3 Å². The average molecular weight is 642 g/mol. The Bertz CT molecular complexity index is 2860. The lowest BCUT2D eigenvalue weighted by atomic mass is 9.90. The molecule has 10 rings (SSSR count). The van der Waals surface area contributed by atoms with Crippen LogP contribution in [0.25, 0.3) is 97.5 Å². The van der Waals surface area contributed by atoms with Crippen LogP contribution in [-0.2, 0) is 0 Å². The Kier molecular flexibility index (Phi) is 6.36. The van der Waals surface area contributed by atoms with E-state index in [2.05, 4.69) is 138 Å². The second kappa shape index (κ2) is 11.2. The minimum absolute atomic E-state index is 0.701. The highest BCUT2D eigenvalue weighted by molar-refractivity contribution is 7.26. The lowest BCUT2D eigenvalue weighted by Crippen LogP contribution is -1.96. The molecule has 3 heterocycles. The monoisotopic (exact) mass is 641 g/mol. The summed E-state index contributed by atoms with van der Waals surface area (Å²) in [6.45, 7) is 0. The smallest absolute Gasteiger partial charge is 0.160 e. The summed E-state index contributed by atoms with van der Waals surface area (Å²) in [4.78, 5) is 14.5. The maximum absolute atomic E-state index is 5.21. The molecule has 7 aromatic carbocycles. The number of fused-ring (bicyclic) bond motifs is 10. The van der Waals surface area contributed by atoms with Crippen LogP contribution in [0.5, 0.6) is 0 Å². The Balaban J connectivity index is 1.21. The van der Waals surface area contributed by atoms with Crippen molar-refractivity contribution >= 4 is 63.8 Å². The first kappa shape index (κ1) is 27.8. The van der Waals surface area contributed by atoms with Gasteiger partial charge in [-0.05, 0) is 79.8 Å². The first-order valence-electron chi connectivity index (χ1n) is 16.4. The molecule has 0 spiro atoms. The van der Waals surface area contributed by atoms with Gasteiger partial charge in [0.15, 0.2) is 5.82 Å². The Morgan fingerprint density at radius 2 is 0.939 bits per heavy atom. The summed E-state index contributed by atoms with van der Waals surface area (Å²) in [5.74, 6) is 0.701. The van der Waals surface area contributed by atoms with Gasteiger partial charge in [0.05, 0.1) is 11.4 Å². The van der Waals surface area contributed by atoms with Crippen LogP contribution in [0.1, 0.15) is 0 Å². The second-order valence-corrected chi connectivity index (χ2v) is 13.5. The average Bonchev–Trinajstić information content (AvgIpc) is 3.57. The van der Waals surface area contributed by atoms with Crippen molar-refractivity contribution in [3.05, 3.63) is 164 Å². The third kappa shape index (κ3) is 4.61. The predicted octanol–water partition coefficient (Wildman–Crippen LogP) is 12.4. The Morgan fingerprint density at radius 1 is 0.347 bits per heavy atom. The fourth-order valence-electron chi connectivity index (χ4n) is 7.26. The molecule has 4 heteroatoms. The van der Waals surface area contributed by atoms with Gasteiger partial charge in [0, 0.05) is 49.3 Å². The van der Waals surface area contributed by atoms with Crippen molar-refractivity contribution in [3.8, 4) is 45.0 Å². The Morgan fingerprint density at radius 3 is 1.73 bits per heavy atom. The summed E-state index contributed by atoms with van der Waals surface area (Å²) in [5, 5.41) is 10.3. The van der Waals surface area contributed by atoms with Crippen molar-refractivity contribution in [1.82, 2.24) is 15.0 Å². The Hall–Kier alpha value is -6.23. The molecule has 0 amide bonds. The molecule has 49 heavy (non-hydrogen) atoms. The summed E-state index contributed by atoms with van der Waals surface area (Å²) in [5.41, 5.74) is 7.15. The molecule has 0 N–H and O–H groups in total. The third-order valence-electron chi connectivity index (χ3n) is 9.59. The largest absolute Gasteiger partial charge is 0.265 e. The van der Waals surface area contributed by atoms with E-state index in [9.17, 15) is 0 Å². The molecule has 0 saturated heterocycles. The number of benzene rings is 7. The van der Waals surface area contributed by atoms with Gasteiger partial charge in [-0.3, -0.25) is 4.98 Å². The fourth-order valence-corrected chi connectivity index (χ4v) is 8.37. The minimum Gasteiger partial charge on any atom is -0.265 e. The lowest BCUT2D eigenvalue weighted by Gasteiger charge is -2.14. The van der Waals surface area contributed by atoms with Gasteiger partial charge >= 0.3 is 0 Å². The van der Waals surface area contributed by atoms with Crippen LogP contribution in [0.15, 0.2) is 164 Å². The SMILES string of the molecule is c1ccc(-c2cc(-c3ccc4c(c3)c3ccccc3c3ccc5sc6ccccc6c5c34)nc(-c3ccc(-c4ccncc4)cc3)n2)cc1. The molecule has 0 aliphatic carbocycles. The maximum atomic E-state index is 5.21. The van der Waals surface area contributed by atoms with E-state index in [1.54, 1.807) is 0 Å². The van der Waals surface area contributed by atoms with Gasteiger partial charge in [0.1, 0.15) is 0 Å². The number of thiophene rings is 1. The molecular weight excluding hydrogens is 615 g/mol. The van der Waals surface area contributed by atoms with Crippen molar-refractivity contribution in [2.24, 2.45) is 0 Å². The number of nitrogens with zero attached hydrogens (tertiary/aromatic N) is 3. The zero-order valence-electron chi connectivity index (χ0n) is 26.3. The van der Waals surface area contributed by atoms with Gasteiger partial charge in [-0.1, -0.05) is 115 Å². The lowest BCUT2D eigenvalue weighted by molar-refractivity contribution is 1.18. The van der Waals surface area contributed by atoms with Gasteiger partial charge in [0.25, 0.3) is 0 Å². The van der Waals surface area contributed by atoms with Crippen LogP contribution in [0.3, 0.4) is 0 Å². The number of aromatic nitrogens is 3. The van der Waals surface area contributed by atoms with Crippen molar-refractivity contribution in [3.63, 3.8) is 0 Å². The fraction of sp³-hybridized carbons (Fsp3) is 0. The topological polar surface area (TPSA) is 38.7 Å². The van der Waals surface area contributed by atoms with E-state index in [1.165, 1.54) is 52.5 Å². The summed E-state index contributed by atoms with van der Waals surface area (Å²) in [7, 11) is 0. The summed E-state index contributed by atoms with van der Waals surface area (Å²) in [6.07, 6.45) is 3.64. The van der Waals surface area contributed by atoms with E-state index in [1.807, 2.05) is 41.9 Å². The molecule has 228 valence electrons. The molecule has 3 nitrogen and oxygen atoms in total. The normalized spacial score (nSPS) is 11.7. The van der Waals surface area contributed by atoms with Gasteiger partial charge in [-0.2, -0.15) is 0 Å². The molecule has 0 aliphatic heterocycles. The first-order chi connectivity index (χ1) is 24.3. The van der Waals surface area contributed by atoms with E-state index in [0.29, 0.717) is 5.82 Å². The van der Waals surface area contributed by atoms with Crippen LogP contribution in [0.2, 0.25) is 0 Å². The summed E-state index contributed by atoms with van der Waals surface area (Å²) >= 11 is 1.87. The van der Waals surface area contributed by atoms with Gasteiger partial charge in [0.2, 0.25) is 0 Å². The van der Waals surface area contributed by atoms with Crippen LogP contribution in [0, 0.1) is 0 Å². The standard InChI is InChI=1S/C45H27N3S/c1-2-8-30(9-3-1)39-27-40(48-45(47-39)31-16-14-28(15-17-31)29-22-24-46-25-23-29)32-18-19-36-38(26-32)34-11-5-4-10-33(34)35-20-21-42-44(43(35)36)37-12-6-7-13-41(37)49-42/h1-27H. The molecule has 3 aromatic heterocycles. The summed E-state index contributed by atoms with van der Waals surface area (Å²) < 4.78 is 2.64. The van der Waals surface area contributed by atoms with Crippen LogP contribution in [0.4, 0.5) is 0 Å². The van der Waals surface area contributed by atoms with E-state index >= 15 is 0 Å². The molecule has 0 bridgehead atoms. The first-order valence-corrected chi connectivity index (χ1v) is 17.2. The molecule has 0 radical (unpaired) electrons. The zero-order valence-corrected chi connectivity index (χ0v) is 27.2. The van der Waals surface area contributed by atoms with Crippen LogP contribution < -0.4 is 0 Å². The maximum Gasteiger partial charge on any atom is 0.160 e. The molecule has 0 aliphatic rings. The third-order valence-corrected chi connectivity index (χ3v) is 10.7. The highest BCUT2D eigenvalue weighted by Crippen LogP contribution is 2.45. The minimum atomic E-state index is 0.701. The molecule has 0 fully saturated rings. The highest BCUT2D eigenvalue weighted by Gasteiger charge is 2.17. The number of hydrogen-bond acceptors (Lipinski definition) is 4. The summed E-state index contributed by atoms with van der Waals surface area (Å²) in [6, 6.07) is 54.1. The molecule has 0 saturated carbocycles. The predicted molar refractivity (Wildman–Crippen MR) is 207 cm³/mol. The molecular formula is C45H27N3S. The van der Waals surface area contributed by atoms with E-state index < -0.39 is 0 Å². The van der Waals surface area contributed by atoms with E-state index in [0.717, 1.165) is 39.2 Å². The number of pyridine rings is 1. The second-order valence-electron chi connectivity index (χ2n) is 12.4. The van der Waals surface area contributed by atoms with Crippen molar-refractivity contribution < 1.29 is 0 Å².